The van der Waals surface area contributed by atoms with Crippen molar-refractivity contribution in [3.8, 4) is 0 Å². The summed E-state index contributed by atoms with van der Waals surface area (Å²) < 4.78 is 35.8. The Hall–Kier alpha value is -0.210. The number of aliphatic hydroxyl groups excluding tert-OH is 1. The lowest BCUT2D eigenvalue weighted by Crippen LogP contribution is -2.51. The molecular formula is C10H21NO5S. The zero-order chi connectivity index (χ0) is 12.9. The molecule has 1 saturated heterocycles. The third kappa shape index (κ3) is 4.51. The molecule has 2 atom stereocenters. The van der Waals surface area contributed by atoms with Crippen molar-refractivity contribution in [1.29, 1.82) is 0 Å². The van der Waals surface area contributed by atoms with Gasteiger partial charge in [0.15, 0.2) is 0 Å². The number of nitrogens with zero attached hydrogens (tertiary/aromatic N) is 1. The number of rotatable bonds is 6. The molecule has 7 heteroatoms. The zero-order valence-electron chi connectivity index (χ0n) is 10.3. The molecule has 1 aliphatic heterocycles. The average Bonchev–Trinajstić information content (AvgIpc) is 2.28. The fraction of sp³-hybridized carbons (Fsp3) is 1.00. The van der Waals surface area contributed by atoms with Crippen molar-refractivity contribution in [3.63, 3.8) is 0 Å². The van der Waals surface area contributed by atoms with E-state index in [4.69, 9.17) is 14.6 Å². The summed E-state index contributed by atoms with van der Waals surface area (Å²) in [5.41, 5.74) is 0. The van der Waals surface area contributed by atoms with Crippen molar-refractivity contribution in [3.05, 3.63) is 0 Å². The van der Waals surface area contributed by atoms with Crippen LogP contribution in [0.15, 0.2) is 0 Å². The number of hydrogen-bond donors (Lipinski definition) is 1. The largest absolute Gasteiger partial charge is 0.394 e. The van der Waals surface area contributed by atoms with Gasteiger partial charge < -0.3 is 14.6 Å². The molecule has 1 fully saturated rings. The standard InChI is InChI=1S/C10H21NO5S/c1-3-15-4-5-17(13,14)11-6-9(2)16-10(7-11)8-12/h9-10,12H,3-8H2,1-2H3. The van der Waals surface area contributed by atoms with E-state index in [0.717, 1.165) is 0 Å². The molecule has 0 aromatic rings. The fourth-order valence-corrected chi connectivity index (χ4v) is 3.19. The van der Waals surface area contributed by atoms with Gasteiger partial charge in [-0.25, -0.2) is 8.42 Å². The monoisotopic (exact) mass is 267 g/mol. The lowest BCUT2D eigenvalue weighted by atomic mass is 10.2. The summed E-state index contributed by atoms with van der Waals surface area (Å²) in [5.74, 6) is -0.0221. The summed E-state index contributed by atoms with van der Waals surface area (Å²) in [7, 11) is -3.31. The Kier molecular flexibility index (Phi) is 5.81. The first-order valence-corrected chi connectivity index (χ1v) is 7.42. The van der Waals surface area contributed by atoms with Crippen LogP contribution in [-0.2, 0) is 19.5 Å². The molecule has 1 heterocycles. The van der Waals surface area contributed by atoms with E-state index < -0.39 is 16.1 Å². The van der Waals surface area contributed by atoms with Gasteiger partial charge >= 0.3 is 0 Å². The van der Waals surface area contributed by atoms with Crippen molar-refractivity contribution >= 4 is 10.0 Å². The number of aliphatic hydroxyl groups is 1. The highest BCUT2D eigenvalue weighted by atomic mass is 32.2. The van der Waals surface area contributed by atoms with Gasteiger partial charge in [-0.15, -0.1) is 0 Å². The fourth-order valence-electron chi connectivity index (χ4n) is 1.77. The molecule has 6 nitrogen and oxygen atoms in total. The molecule has 1 rings (SSSR count). The Morgan fingerprint density at radius 2 is 2.18 bits per heavy atom. The molecule has 0 saturated carbocycles. The Bertz CT molecular complexity index is 319. The third-order valence-electron chi connectivity index (χ3n) is 2.58. The van der Waals surface area contributed by atoms with E-state index >= 15 is 0 Å². The van der Waals surface area contributed by atoms with Crippen LogP contribution in [0.4, 0.5) is 0 Å². The number of sulfonamides is 1. The van der Waals surface area contributed by atoms with E-state index in [2.05, 4.69) is 0 Å². The van der Waals surface area contributed by atoms with Crippen LogP contribution in [-0.4, -0.2) is 68.7 Å². The zero-order valence-corrected chi connectivity index (χ0v) is 11.1. The second-order valence-electron chi connectivity index (χ2n) is 4.08. The number of hydrogen-bond acceptors (Lipinski definition) is 5. The predicted molar refractivity (Wildman–Crippen MR) is 63.3 cm³/mol. The summed E-state index contributed by atoms with van der Waals surface area (Å²) in [4.78, 5) is 0. The van der Waals surface area contributed by atoms with Crippen molar-refractivity contribution < 1.29 is 23.0 Å². The molecule has 17 heavy (non-hydrogen) atoms. The van der Waals surface area contributed by atoms with Crippen molar-refractivity contribution in [2.45, 2.75) is 26.1 Å². The summed E-state index contributed by atoms with van der Waals surface area (Å²) >= 11 is 0. The van der Waals surface area contributed by atoms with Crippen LogP contribution in [0, 0.1) is 0 Å². The molecule has 0 radical (unpaired) electrons. The van der Waals surface area contributed by atoms with Gasteiger partial charge in [-0.3, -0.25) is 0 Å². The molecular weight excluding hydrogens is 246 g/mol. The van der Waals surface area contributed by atoms with E-state index in [-0.39, 0.29) is 31.6 Å². The molecule has 0 aromatic heterocycles. The SMILES string of the molecule is CCOCCS(=O)(=O)N1CC(C)OC(CO)C1. The van der Waals surface area contributed by atoms with E-state index in [9.17, 15) is 8.42 Å². The van der Waals surface area contributed by atoms with Gasteiger partial charge in [0.05, 0.1) is 31.2 Å². The quantitative estimate of drug-likeness (QED) is 0.653. The predicted octanol–water partition coefficient (Wildman–Crippen LogP) is -0.566. The summed E-state index contributed by atoms with van der Waals surface area (Å²) in [6, 6.07) is 0. The van der Waals surface area contributed by atoms with Gasteiger partial charge in [0, 0.05) is 19.7 Å². The van der Waals surface area contributed by atoms with Crippen LogP contribution in [0.1, 0.15) is 13.8 Å². The maximum Gasteiger partial charge on any atom is 0.216 e. The van der Waals surface area contributed by atoms with Crippen molar-refractivity contribution in [1.82, 2.24) is 4.31 Å². The summed E-state index contributed by atoms with van der Waals surface area (Å²) in [6.45, 7) is 4.73. The Morgan fingerprint density at radius 3 is 2.76 bits per heavy atom. The molecule has 1 aliphatic rings. The third-order valence-corrected chi connectivity index (χ3v) is 4.35. The molecule has 0 amide bonds. The first kappa shape index (κ1) is 14.8. The van der Waals surface area contributed by atoms with Crippen molar-refractivity contribution in [2.75, 3.05) is 38.7 Å². The normalized spacial score (nSPS) is 27.2. The van der Waals surface area contributed by atoms with Crippen molar-refractivity contribution in [2.24, 2.45) is 0 Å². The molecule has 2 unspecified atom stereocenters. The van der Waals surface area contributed by atoms with Crippen LogP contribution in [0.2, 0.25) is 0 Å². The first-order chi connectivity index (χ1) is 7.99. The van der Waals surface area contributed by atoms with Crippen LogP contribution in [0.25, 0.3) is 0 Å². The topological polar surface area (TPSA) is 76.1 Å². The van der Waals surface area contributed by atoms with Gasteiger partial charge in [-0.1, -0.05) is 0 Å². The maximum absolute atomic E-state index is 12.0. The lowest BCUT2D eigenvalue weighted by molar-refractivity contribution is -0.0751. The van der Waals surface area contributed by atoms with E-state index in [1.54, 1.807) is 6.92 Å². The summed E-state index contributed by atoms with van der Waals surface area (Å²) in [6.07, 6.45) is -0.622. The van der Waals surface area contributed by atoms with Gasteiger partial charge in [0.2, 0.25) is 10.0 Å². The summed E-state index contributed by atoms with van der Waals surface area (Å²) in [5, 5.41) is 9.04. The molecule has 102 valence electrons. The van der Waals surface area contributed by atoms with Crippen LogP contribution >= 0.6 is 0 Å². The highest BCUT2D eigenvalue weighted by Gasteiger charge is 2.32. The van der Waals surface area contributed by atoms with Gasteiger partial charge in [0.25, 0.3) is 0 Å². The molecule has 1 N–H and O–H groups in total. The Labute approximate surface area is 103 Å². The number of morpholine rings is 1. The minimum Gasteiger partial charge on any atom is -0.394 e. The average molecular weight is 267 g/mol. The van der Waals surface area contributed by atoms with Gasteiger partial charge in [-0.2, -0.15) is 4.31 Å². The molecule has 0 bridgehead atoms. The Balaban J connectivity index is 2.57. The van der Waals surface area contributed by atoms with E-state index in [0.29, 0.717) is 13.2 Å². The molecule has 0 spiro atoms. The number of ether oxygens (including phenoxy) is 2. The first-order valence-electron chi connectivity index (χ1n) is 5.81. The van der Waals surface area contributed by atoms with Gasteiger partial charge in [-0.05, 0) is 13.8 Å². The highest BCUT2D eigenvalue weighted by Crippen LogP contribution is 2.14. The minimum absolute atomic E-state index is 0.0221. The van der Waals surface area contributed by atoms with E-state index in [1.165, 1.54) is 4.31 Å². The smallest absolute Gasteiger partial charge is 0.216 e. The minimum atomic E-state index is -3.31. The maximum atomic E-state index is 12.0. The lowest BCUT2D eigenvalue weighted by Gasteiger charge is -2.35. The second-order valence-corrected chi connectivity index (χ2v) is 6.17. The van der Waals surface area contributed by atoms with Gasteiger partial charge in [0.1, 0.15) is 0 Å². The highest BCUT2D eigenvalue weighted by molar-refractivity contribution is 7.89. The molecule has 0 aromatic carbocycles. The van der Waals surface area contributed by atoms with E-state index in [1.807, 2.05) is 6.92 Å². The molecule has 0 aliphatic carbocycles. The second kappa shape index (κ2) is 6.65. The Morgan fingerprint density at radius 1 is 1.47 bits per heavy atom. The van der Waals surface area contributed by atoms with Crippen LogP contribution in [0.5, 0.6) is 0 Å². The van der Waals surface area contributed by atoms with Crippen LogP contribution in [0.3, 0.4) is 0 Å². The van der Waals surface area contributed by atoms with Crippen LogP contribution < -0.4 is 0 Å².